The number of hydrogen-bond acceptors (Lipinski definition) is 2. The van der Waals surface area contributed by atoms with Crippen molar-refractivity contribution in [3.05, 3.63) is 0 Å². The highest BCUT2D eigenvalue weighted by molar-refractivity contribution is 5.79. The summed E-state index contributed by atoms with van der Waals surface area (Å²) in [5, 5.41) is 0. The van der Waals surface area contributed by atoms with Crippen molar-refractivity contribution in [3.8, 4) is 0 Å². The lowest BCUT2D eigenvalue weighted by atomic mass is 10.0. The van der Waals surface area contributed by atoms with Crippen LogP contribution in [0.15, 0.2) is 0 Å². The summed E-state index contributed by atoms with van der Waals surface area (Å²) in [5.41, 5.74) is -0.189. The lowest BCUT2D eigenvalue weighted by Crippen LogP contribution is -2.24. The van der Waals surface area contributed by atoms with E-state index in [9.17, 15) is 4.79 Å². The van der Waals surface area contributed by atoms with Gasteiger partial charge in [0.25, 0.3) is 0 Å². The molecule has 0 spiro atoms. The van der Waals surface area contributed by atoms with Crippen molar-refractivity contribution in [1.29, 1.82) is 0 Å². The van der Waals surface area contributed by atoms with Crippen LogP contribution in [0.1, 0.15) is 52.9 Å². The van der Waals surface area contributed by atoms with Crippen LogP contribution in [0.25, 0.3) is 0 Å². The number of hydrogen-bond donors (Lipinski definition) is 0. The molecule has 1 aliphatic rings. The number of carbonyl (C=O) groups excluding carboxylic acids is 1. The van der Waals surface area contributed by atoms with Crippen molar-refractivity contribution in [2.45, 2.75) is 58.5 Å². The molecule has 0 atom stereocenters. The van der Waals surface area contributed by atoms with Gasteiger partial charge in [-0.1, -0.05) is 25.7 Å². The SMILES string of the molecule is CC(C)(C)OCC(=O)CC1CCCC1. The normalized spacial score (nSPS) is 18.8. The fourth-order valence-corrected chi connectivity index (χ4v) is 1.89. The summed E-state index contributed by atoms with van der Waals surface area (Å²) in [4.78, 5) is 11.5. The first-order chi connectivity index (χ1) is 6.47. The number of carbonyl (C=O) groups is 1. The van der Waals surface area contributed by atoms with Gasteiger partial charge in [0.15, 0.2) is 5.78 Å². The average Bonchev–Trinajstić information content (AvgIpc) is 2.52. The largest absolute Gasteiger partial charge is 0.368 e. The minimum atomic E-state index is -0.189. The summed E-state index contributed by atoms with van der Waals surface area (Å²) in [6.45, 7) is 6.24. The molecule has 0 radical (unpaired) electrons. The fraction of sp³-hybridized carbons (Fsp3) is 0.917. The molecular formula is C12H22O2. The van der Waals surface area contributed by atoms with Crippen LogP contribution in [0.2, 0.25) is 0 Å². The van der Waals surface area contributed by atoms with Gasteiger partial charge in [-0.3, -0.25) is 4.79 Å². The monoisotopic (exact) mass is 198 g/mol. The number of ether oxygens (including phenoxy) is 1. The van der Waals surface area contributed by atoms with Gasteiger partial charge in [-0.15, -0.1) is 0 Å². The maximum absolute atomic E-state index is 11.5. The third-order valence-corrected chi connectivity index (χ3v) is 2.66. The molecular weight excluding hydrogens is 176 g/mol. The average molecular weight is 198 g/mol. The van der Waals surface area contributed by atoms with Crippen molar-refractivity contribution < 1.29 is 9.53 Å². The van der Waals surface area contributed by atoms with Gasteiger partial charge in [0.1, 0.15) is 6.61 Å². The van der Waals surface area contributed by atoms with E-state index in [0.29, 0.717) is 12.5 Å². The van der Waals surface area contributed by atoms with Gasteiger partial charge < -0.3 is 4.74 Å². The molecule has 0 aromatic rings. The van der Waals surface area contributed by atoms with Gasteiger partial charge in [0.2, 0.25) is 0 Å². The van der Waals surface area contributed by atoms with E-state index in [2.05, 4.69) is 0 Å². The molecule has 0 N–H and O–H groups in total. The zero-order valence-electron chi connectivity index (χ0n) is 9.64. The van der Waals surface area contributed by atoms with E-state index >= 15 is 0 Å². The first-order valence-corrected chi connectivity index (χ1v) is 5.63. The summed E-state index contributed by atoms with van der Waals surface area (Å²) in [5.74, 6) is 0.915. The molecule has 0 saturated heterocycles. The topological polar surface area (TPSA) is 26.3 Å². The maximum Gasteiger partial charge on any atom is 0.158 e. The molecule has 0 amide bonds. The quantitative estimate of drug-likeness (QED) is 0.694. The van der Waals surface area contributed by atoms with Crippen LogP contribution >= 0.6 is 0 Å². The van der Waals surface area contributed by atoms with E-state index in [-0.39, 0.29) is 11.4 Å². The molecule has 0 unspecified atom stereocenters. The van der Waals surface area contributed by atoms with Gasteiger partial charge in [-0.25, -0.2) is 0 Å². The van der Waals surface area contributed by atoms with Gasteiger partial charge in [0.05, 0.1) is 5.60 Å². The molecule has 0 aromatic carbocycles. The van der Waals surface area contributed by atoms with Crippen LogP contribution < -0.4 is 0 Å². The molecule has 14 heavy (non-hydrogen) atoms. The van der Waals surface area contributed by atoms with Gasteiger partial charge in [-0.05, 0) is 26.7 Å². The lowest BCUT2D eigenvalue weighted by molar-refractivity contribution is -0.129. The molecule has 0 heterocycles. The lowest BCUT2D eigenvalue weighted by Gasteiger charge is -2.19. The Morgan fingerprint density at radius 2 is 1.86 bits per heavy atom. The highest BCUT2D eigenvalue weighted by Gasteiger charge is 2.19. The highest BCUT2D eigenvalue weighted by atomic mass is 16.5. The third kappa shape index (κ3) is 4.75. The van der Waals surface area contributed by atoms with Crippen molar-refractivity contribution in [2.24, 2.45) is 5.92 Å². The zero-order chi connectivity index (χ0) is 10.6. The van der Waals surface area contributed by atoms with Crippen molar-refractivity contribution in [1.82, 2.24) is 0 Å². The molecule has 82 valence electrons. The van der Waals surface area contributed by atoms with E-state index in [4.69, 9.17) is 4.74 Å². The van der Waals surface area contributed by atoms with Crippen LogP contribution in [0.3, 0.4) is 0 Å². The number of rotatable bonds is 4. The zero-order valence-corrected chi connectivity index (χ0v) is 9.64. The van der Waals surface area contributed by atoms with Crippen LogP contribution in [-0.2, 0) is 9.53 Å². The molecule has 0 aliphatic heterocycles. The van der Waals surface area contributed by atoms with E-state index in [1.807, 2.05) is 20.8 Å². The Kier molecular flexibility index (Phi) is 4.11. The van der Waals surface area contributed by atoms with E-state index in [0.717, 1.165) is 6.42 Å². The minimum absolute atomic E-state index is 0.189. The van der Waals surface area contributed by atoms with Gasteiger partial charge in [0, 0.05) is 6.42 Å². The van der Waals surface area contributed by atoms with Crippen LogP contribution in [0, 0.1) is 5.92 Å². The highest BCUT2D eigenvalue weighted by Crippen LogP contribution is 2.27. The van der Waals surface area contributed by atoms with Crippen LogP contribution in [0.5, 0.6) is 0 Å². The molecule has 1 fully saturated rings. The summed E-state index contributed by atoms with van der Waals surface area (Å²) >= 11 is 0. The third-order valence-electron chi connectivity index (χ3n) is 2.66. The molecule has 0 bridgehead atoms. The van der Waals surface area contributed by atoms with Crippen molar-refractivity contribution in [3.63, 3.8) is 0 Å². The van der Waals surface area contributed by atoms with E-state index in [1.54, 1.807) is 0 Å². The summed E-state index contributed by atoms with van der Waals surface area (Å²) in [7, 11) is 0. The Hall–Kier alpha value is -0.370. The maximum atomic E-state index is 11.5. The Labute approximate surface area is 87.0 Å². The first-order valence-electron chi connectivity index (χ1n) is 5.63. The molecule has 0 aromatic heterocycles. The van der Waals surface area contributed by atoms with E-state index in [1.165, 1.54) is 25.7 Å². The second kappa shape index (κ2) is 4.92. The standard InChI is InChI=1S/C12H22O2/c1-12(2,3)14-9-11(13)8-10-6-4-5-7-10/h10H,4-9H2,1-3H3. The second-order valence-electron chi connectivity index (χ2n) is 5.29. The molecule has 1 rings (SSSR count). The minimum Gasteiger partial charge on any atom is -0.368 e. The Bertz CT molecular complexity index is 185. The first kappa shape index (κ1) is 11.7. The Morgan fingerprint density at radius 1 is 1.29 bits per heavy atom. The molecule has 1 saturated carbocycles. The van der Waals surface area contributed by atoms with Crippen molar-refractivity contribution in [2.75, 3.05) is 6.61 Å². The summed E-state index contributed by atoms with van der Waals surface area (Å²) in [6.07, 6.45) is 5.81. The molecule has 1 aliphatic carbocycles. The Balaban J connectivity index is 2.15. The molecule has 2 heteroatoms. The Morgan fingerprint density at radius 3 is 2.36 bits per heavy atom. The van der Waals surface area contributed by atoms with Gasteiger partial charge >= 0.3 is 0 Å². The predicted octanol–water partition coefficient (Wildman–Crippen LogP) is 2.95. The molecule has 2 nitrogen and oxygen atoms in total. The fourth-order valence-electron chi connectivity index (χ4n) is 1.89. The van der Waals surface area contributed by atoms with Crippen LogP contribution in [0.4, 0.5) is 0 Å². The van der Waals surface area contributed by atoms with Crippen molar-refractivity contribution >= 4 is 5.78 Å². The predicted molar refractivity (Wildman–Crippen MR) is 57.3 cm³/mol. The van der Waals surface area contributed by atoms with Gasteiger partial charge in [-0.2, -0.15) is 0 Å². The summed E-state index contributed by atoms with van der Waals surface area (Å²) in [6, 6.07) is 0. The second-order valence-corrected chi connectivity index (χ2v) is 5.29. The smallest absolute Gasteiger partial charge is 0.158 e. The van der Waals surface area contributed by atoms with Crippen LogP contribution in [-0.4, -0.2) is 18.0 Å². The number of Topliss-reactive ketones (excluding diaryl/α,β-unsaturated/α-hetero) is 1. The van der Waals surface area contributed by atoms with E-state index < -0.39 is 0 Å². The number of ketones is 1. The summed E-state index contributed by atoms with van der Waals surface area (Å²) < 4.78 is 5.45.